The second kappa shape index (κ2) is 5.14. The molecule has 4 N–H and O–H groups in total. The number of urea groups is 1. The van der Waals surface area contributed by atoms with Crippen molar-refractivity contribution in [1.29, 1.82) is 0 Å². The molecule has 17 heavy (non-hydrogen) atoms. The summed E-state index contributed by atoms with van der Waals surface area (Å²) in [5.41, 5.74) is 5.31. The minimum absolute atomic E-state index is 0.144. The molecule has 0 spiro atoms. The number of nitrogens with one attached hydrogen (secondary N) is 2. The highest BCUT2D eigenvalue weighted by Gasteiger charge is 2.24. The number of hydrogen-bond acceptors (Lipinski definition) is 2. The summed E-state index contributed by atoms with van der Waals surface area (Å²) in [6.07, 6.45) is 0. The first-order valence-electron chi connectivity index (χ1n) is 5.42. The van der Waals surface area contributed by atoms with Crippen molar-refractivity contribution in [1.82, 2.24) is 5.32 Å². The first-order chi connectivity index (χ1) is 7.83. The monoisotopic (exact) mass is 239 g/mol. The minimum Gasteiger partial charge on any atom is -0.331 e. The fourth-order valence-corrected chi connectivity index (χ4v) is 1.12. The van der Waals surface area contributed by atoms with Crippen LogP contribution in [-0.2, 0) is 0 Å². The first-order valence-corrected chi connectivity index (χ1v) is 5.42. The number of rotatable bonds is 3. The molecule has 4 nitrogen and oxygen atoms in total. The summed E-state index contributed by atoms with van der Waals surface area (Å²) in [7, 11) is 0. The third-order valence-corrected chi connectivity index (χ3v) is 2.70. The number of hydrogen-bond donors (Lipinski definition) is 3. The van der Waals surface area contributed by atoms with Gasteiger partial charge in [-0.3, -0.25) is 0 Å². The van der Waals surface area contributed by atoms with Crippen molar-refractivity contribution in [3.05, 3.63) is 30.1 Å². The van der Waals surface area contributed by atoms with Crippen molar-refractivity contribution in [2.24, 2.45) is 5.73 Å². The Labute approximate surface area is 100 Å². The van der Waals surface area contributed by atoms with Gasteiger partial charge in [-0.15, -0.1) is 0 Å². The van der Waals surface area contributed by atoms with Crippen LogP contribution in [0.25, 0.3) is 0 Å². The number of para-hydroxylation sites is 1. The van der Waals surface area contributed by atoms with Crippen LogP contribution in [0.5, 0.6) is 0 Å². The van der Waals surface area contributed by atoms with Gasteiger partial charge in [0.2, 0.25) is 0 Å². The third kappa shape index (κ3) is 3.71. The number of nitrogens with two attached hydrogens (primary N) is 1. The Kier molecular flexibility index (Phi) is 4.07. The molecule has 1 aromatic rings. The lowest BCUT2D eigenvalue weighted by Crippen LogP contribution is -2.55. The zero-order valence-corrected chi connectivity index (χ0v) is 10.3. The number of carbonyl (C=O) groups excluding carboxylic acids is 1. The first kappa shape index (κ1) is 13.4. The van der Waals surface area contributed by atoms with Gasteiger partial charge < -0.3 is 16.4 Å². The highest BCUT2D eigenvalue weighted by molar-refractivity contribution is 5.89. The lowest BCUT2D eigenvalue weighted by molar-refractivity contribution is 0.236. The summed E-state index contributed by atoms with van der Waals surface area (Å²) < 4.78 is 13.3. The Hall–Kier alpha value is -1.62. The van der Waals surface area contributed by atoms with Gasteiger partial charge in [0, 0.05) is 6.04 Å². The number of carbonyl (C=O) groups is 1. The standard InChI is InChI=1S/C12H18FN3O/c1-8(14)12(2,3)16-11(17)15-10-7-5-4-6-9(10)13/h4-8H,14H2,1-3H3,(H2,15,16,17). The lowest BCUT2D eigenvalue weighted by atomic mass is 9.97. The van der Waals surface area contributed by atoms with Crippen LogP contribution in [0.4, 0.5) is 14.9 Å². The topological polar surface area (TPSA) is 67.1 Å². The summed E-state index contributed by atoms with van der Waals surface area (Å²) in [4.78, 5) is 11.6. The van der Waals surface area contributed by atoms with Crippen molar-refractivity contribution in [3.8, 4) is 0 Å². The highest BCUT2D eigenvalue weighted by Crippen LogP contribution is 2.13. The van der Waals surface area contributed by atoms with Gasteiger partial charge in [0.05, 0.1) is 11.2 Å². The quantitative estimate of drug-likeness (QED) is 0.756. The van der Waals surface area contributed by atoms with Gasteiger partial charge >= 0.3 is 6.03 Å². The van der Waals surface area contributed by atoms with E-state index in [0.717, 1.165) is 0 Å². The molecular weight excluding hydrogens is 221 g/mol. The fourth-order valence-electron chi connectivity index (χ4n) is 1.12. The van der Waals surface area contributed by atoms with E-state index in [4.69, 9.17) is 5.73 Å². The summed E-state index contributed by atoms with van der Waals surface area (Å²) in [5.74, 6) is -0.471. The summed E-state index contributed by atoms with van der Waals surface area (Å²) in [6.45, 7) is 5.40. The Morgan fingerprint density at radius 1 is 1.41 bits per heavy atom. The molecule has 5 heteroatoms. The molecule has 0 bridgehead atoms. The van der Waals surface area contributed by atoms with E-state index in [1.807, 2.05) is 0 Å². The van der Waals surface area contributed by atoms with Crippen LogP contribution in [0, 0.1) is 5.82 Å². The average molecular weight is 239 g/mol. The molecule has 1 rings (SSSR count). The molecule has 0 aromatic heterocycles. The van der Waals surface area contributed by atoms with Gasteiger partial charge in [-0.2, -0.15) is 0 Å². The molecule has 1 aromatic carbocycles. The van der Waals surface area contributed by atoms with E-state index in [0.29, 0.717) is 0 Å². The van der Waals surface area contributed by atoms with Gasteiger partial charge in [0.15, 0.2) is 0 Å². The smallest absolute Gasteiger partial charge is 0.319 e. The van der Waals surface area contributed by atoms with Gasteiger partial charge in [-0.05, 0) is 32.9 Å². The number of amides is 2. The van der Waals surface area contributed by atoms with Crippen molar-refractivity contribution in [3.63, 3.8) is 0 Å². The van der Waals surface area contributed by atoms with Crippen molar-refractivity contribution in [2.75, 3.05) is 5.32 Å². The fraction of sp³-hybridized carbons (Fsp3) is 0.417. The normalized spacial score (nSPS) is 13.0. The van der Waals surface area contributed by atoms with E-state index < -0.39 is 17.4 Å². The number of halogens is 1. The molecule has 0 heterocycles. The summed E-state index contributed by atoms with van der Waals surface area (Å²) in [5, 5.41) is 5.13. The zero-order chi connectivity index (χ0) is 13.1. The number of anilines is 1. The molecule has 0 aliphatic carbocycles. The lowest BCUT2D eigenvalue weighted by Gasteiger charge is -2.30. The second-order valence-corrected chi connectivity index (χ2v) is 4.57. The molecule has 0 radical (unpaired) electrons. The molecule has 0 aliphatic heterocycles. The van der Waals surface area contributed by atoms with Gasteiger partial charge in [0.25, 0.3) is 0 Å². The van der Waals surface area contributed by atoms with Crippen LogP contribution in [0.2, 0.25) is 0 Å². The van der Waals surface area contributed by atoms with Crippen molar-refractivity contribution < 1.29 is 9.18 Å². The largest absolute Gasteiger partial charge is 0.331 e. The Bertz CT molecular complexity index is 404. The van der Waals surface area contributed by atoms with Crippen LogP contribution in [-0.4, -0.2) is 17.6 Å². The van der Waals surface area contributed by atoms with Crippen molar-refractivity contribution >= 4 is 11.7 Å². The van der Waals surface area contributed by atoms with Crippen molar-refractivity contribution in [2.45, 2.75) is 32.4 Å². The molecule has 0 saturated heterocycles. The van der Waals surface area contributed by atoms with Gasteiger partial charge in [-0.25, -0.2) is 9.18 Å². The third-order valence-electron chi connectivity index (χ3n) is 2.70. The minimum atomic E-state index is -0.560. The van der Waals surface area contributed by atoms with E-state index >= 15 is 0 Å². The molecule has 1 atom stereocenters. The maximum Gasteiger partial charge on any atom is 0.319 e. The van der Waals surface area contributed by atoms with E-state index in [9.17, 15) is 9.18 Å². The van der Waals surface area contributed by atoms with Crippen LogP contribution in [0.15, 0.2) is 24.3 Å². The second-order valence-electron chi connectivity index (χ2n) is 4.57. The zero-order valence-electron chi connectivity index (χ0n) is 10.3. The molecular formula is C12H18FN3O. The highest BCUT2D eigenvalue weighted by atomic mass is 19.1. The molecule has 94 valence electrons. The number of benzene rings is 1. The van der Waals surface area contributed by atoms with E-state index in [2.05, 4.69) is 10.6 Å². The molecule has 0 aliphatic rings. The van der Waals surface area contributed by atoms with Crippen LogP contribution < -0.4 is 16.4 Å². The average Bonchev–Trinajstić information content (AvgIpc) is 2.20. The molecule has 2 amide bonds. The van der Waals surface area contributed by atoms with Crippen LogP contribution in [0.1, 0.15) is 20.8 Å². The Balaban J connectivity index is 2.66. The maximum atomic E-state index is 13.3. The predicted octanol–water partition coefficient (Wildman–Crippen LogP) is 2.07. The predicted molar refractivity (Wildman–Crippen MR) is 66.3 cm³/mol. The summed E-state index contributed by atoms with van der Waals surface area (Å²) in [6, 6.07) is 5.30. The maximum absolute atomic E-state index is 13.3. The Morgan fingerprint density at radius 3 is 2.53 bits per heavy atom. The van der Waals surface area contributed by atoms with E-state index in [1.165, 1.54) is 12.1 Å². The van der Waals surface area contributed by atoms with Crippen LogP contribution >= 0.6 is 0 Å². The Morgan fingerprint density at radius 2 is 2.00 bits per heavy atom. The molecule has 0 fully saturated rings. The molecule has 0 saturated carbocycles. The summed E-state index contributed by atoms with van der Waals surface area (Å²) >= 11 is 0. The van der Waals surface area contributed by atoms with Gasteiger partial charge in [0.1, 0.15) is 5.82 Å². The SMILES string of the molecule is CC(N)C(C)(C)NC(=O)Nc1ccccc1F. The van der Waals surface area contributed by atoms with Gasteiger partial charge in [-0.1, -0.05) is 12.1 Å². The van der Waals surface area contributed by atoms with Crippen LogP contribution in [0.3, 0.4) is 0 Å². The van der Waals surface area contributed by atoms with E-state index in [-0.39, 0.29) is 11.7 Å². The van der Waals surface area contributed by atoms with E-state index in [1.54, 1.807) is 32.9 Å². The molecule has 1 unspecified atom stereocenters.